The van der Waals surface area contributed by atoms with E-state index in [0.717, 1.165) is 5.56 Å². The number of carbonyl (C=O) groups is 1. The molecule has 0 saturated heterocycles. The van der Waals surface area contributed by atoms with Crippen molar-refractivity contribution in [3.63, 3.8) is 0 Å². The van der Waals surface area contributed by atoms with Crippen molar-refractivity contribution < 1.29 is 14.3 Å². The minimum absolute atomic E-state index is 0.192. The van der Waals surface area contributed by atoms with Crippen LogP contribution in [0.1, 0.15) is 21.6 Å². The maximum Gasteiger partial charge on any atom is 0.341 e. The number of rotatable bonds is 4. The van der Waals surface area contributed by atoms with Crippen molar-refractivity contribution in [3.05, 3.63) is 46.9 Å². The van der Waals surface area contributed by atoms with Crippen molar-refractivity contribution in [1.29, 1.82) is 0 Å². The largest absolute Gasteiger partial charge is 0.477 e. The fourth-order valence-corrected chi connectivity index (χ4v) is 2.27. The first-order valence-electron chi connectivity index (χ1n) is 6.12. The standard InChI is InChI=1S/C14H16FN3O2/c1-9-12(14(19)20)13(18(3)16-9)17(2)8-10-4-6-11(15)7-5-10/h4-7H,8H2,1-3H3,(H,19,20). The molecule has 0 fully saturated rings. The Hall–Kier alpha value is -2.37. The van der Waals surface area contributed by atoms with Gasteiger partial charge in [-0.15, -0.1) is 0 Å². The molecule has 0 aliphatic rings. The van der Waals surface area contributed by atoms with Gasteiger partial charge in [0.25, 0.3) is 0 Å². The number of aromatic nitrogens is 2. The van der Waals surface area contributed by atoms with Crippen molar-refractivity contribution >= 4 is 11.8 Å². The van der Waals surface area contributed by atoms with Crippen LogP contribution in [0, 0.1) is 12.7 Å². The van der Waals surface area contributed by atoms with E-state index < -0.39 is 5.97 Å². The van der Waals surface area contributed by atoms with E-state index in [4.69, 9.17) is 0 Å². The maximum atomic E-state index is 12.9. The number of benzene rings is 1. The minimum Gasteiger partial charge on any atom is -0.477 e. The van der Waals surface area contributed by atoms with E-state index in [2.05, 4.69) is 5.10 Å². The van der Waals surface area contributed by atoms with Gasteiger partial charge >= 0.3 is 5.97 Å². The number of carboxylic acids is 1. The molecule has 2 rings (SSSR count). The second-order valence-electron chi connectivity index (χ2n) is 4.70. The fourth-order valence-electron chi connectivity index (χ4n) is 2.27. The van der Waals surface area contributed by atoms with Crippen LogP contribution in [-0.2, 0) is 13.6 Å². The van der Waals surface area contributed by atoms with E-state index in [1.807, 2.05) is 0 Å². The van der Waals surface area contributed by atoms with Gasteiger partial charge in [-0.3, -0.25) is 4.68 Å². The molecule has 2 aromatic rings. The first kappa shape index (κ1) is 14.0. The summed E-state index contributed by atoms with van der Waals surface area (Å²) < 4.78 is 14.4. The van der Waals surface area contributed by atoms with Gasteiger partial charge in [0.05, 0.1) is 5.69 Å². The quantitative estimate of drug-likeness (QED) is 0.930. The predicted octanol–water partition coefficient (Wildman–Crippen LogP) is 2.20. The number of aryl methyl sites for hydroxylation is 2. The smallest absolute Gasteiger partial charge is 0.341 e. The summed E-state index contributed by atoms with van der Waals surface area (Å²) in [6, 6.07) is 6.12. The zero-order valence-electron chi connectivity index (χ0n) is 11.6. The molecule has 1 heterocycles. The molecule has 0 spiro atoms. The summed E-state index contributed by atoms with van der Waals surface area (Å²) in [6.45, 7) is 2.14. The lowest BCUT2D eigenvalue weighted by molar-refractivity contribution is 0.0696. The Morgan fingerprint density at radius 3 is 2.55 bits per heavy atom. The number of nitrogens with zero attached hydrogens (tertiary/aromatic N) is 3. The molecule has 0 aliphatic carbocycles. The molecule has 20 heavy (non-hydrogen) atoms. The molecular weight excluding hydrogens is 261 g/mol. The highest BCUT2D eigenvalue weighted by Gasteiger charge is 2.22. The molecule has 0 aliphatic heterocycles. The van der Waals surface area contributed by atoms with E-state index in [9.17, 15) is 14.3 Å². The van der Waals surface area contributed by atoms with Crippen LogP contribution in [0.15, 0.2) is 24.3 Å². The van der Waals surface area contributed by atoms with Gasteiger partial charge < -0.3 is 10.0 Å². The lowest BCUT2D eigenvalue weighted by atomic mass is 10.2. The molecule has 5 nitrogen and oxygen atoms in total. The Kier molecular flexibility index (Phi) is 3.74. The maximum absolute atomic E-state index is 12.9. The average molecular weight is 277 g/mol. The van der Waals surface area contributed by atoms with E-state index >= 15 is 0 Å². The highest BCUT2D eigenvalue weighted by molar-refractivity contribution is 5.94. The first-order valence-corrected chi connectivity index (χ1v) is 6.12. The molecule has 0 unspecified atom stereocenters. The van der Waals surface area contributed by atoms with Gasteiger partial charge in [0.15, 0.2) is 0 Å². The highest BCUT2D eigenvalue weighted by Crippen LogP contribution is 2.23. The van der Waals surface area contributed by atoms with Gasteiger partial charge in [0, 0.05) is 20.6 Å². The number of hydrogen-bond donors (Lipinski definition) is 1. The van der Waals surface area contributed by atoms with Crippen LogP contribution in [-0.4, -0.2) is 27.9 Å². The molecular formula is C14H16FN3O2. The van der Waals surface area contributed by atoms with Crippen LogP contribution < -0.4 is 4.90 Å². The zero-order valence-corrected chi connectivity index (χ0v) is 11.6. The Labute approximate surface area is 116 Å². The van der Waals surface area contributed by atoms with E-state index in [1.54, 1.807) is 42.7 Å². The molecule has 1 aromatic carbocycles. The first-order chi connectivity index (χ1) is 9.40. The van der Waals surface area contributed by atoms with Crippen LogP contribution in [0.2, 0.25) is 0 Å². The van der Waals surface area contributed by atoms with Crippen LogP contribution in [0.3, 0.4) is 0 Å². The third kappa shape index (κ3) is 2.64. The predicted molar refractivity (Wildman–Crippen MR) is 73.4 cm³/mol. The molecule has 1 aromatic heterocycles. The van der Waals surface area contributed by atoms with Crippen molar-refractivity contribution in [2.24, 2.45) is 7.05 Å². The fraction of sp³-hybridized carbons (Fsp3) is 0.286. The minimum atomic E-state index is -1.00. The second kappa shape index (κ2) is 5.32. The van der Waals surface area contributed by atoms with E-state index in [1.165, 1.54) is 12.1 Å². The SMILES string of the molecule is Cc1nn(C)c(N(C)Cc2ccc(F)cc2)c1C(=O)O. The Balaban J connectivity index is 2.31. The summed E-state index contributed by atoms with van der Waals surface area (Å²) in [5.74, 6) is -0.769. The lowest BCUT2D eigenvalue weighted by Crippen LogP contribution is -2.21. The summed E-state index contributed by atoms with van der Waals surface area (Å²) in [6.07, 6.45) is 0. The number of hydrogen-bond acceptors (Lipinski definition) is 3. The van der Waals surface area contributed by atoms with Gasteiger partial charge in [-0.25, -0.2) is 9.18 Å². The van der Waals surface area contributed by atoms with Crippen molar-refractivity contribution in [3.8, 4) is 0 Å². The summed E-state index contributed by atoms with van der Waals surface area (Å²) >= 11 is 0. The third-order valence-corrected chi connectivity index (χ3v) is 3.10. The zero-order chi connectivity index (χ0) is 14.9. The molecule has 106 valence electrons. The number of aromatic carboxylic acids is 1. The van der Waals surface area contributed by atoms with Gasteiger partial charge in [-0.1, -0.05) is 12.1 Å². The average Bonchev–Trinajstić information content (AvgIpc) is 2.67. The monoisotopic (exact) mass is 277 g/mol. The summed E-state index contributed by atoms with van der Waals surface area (Å²) in [7, 11) is 3.49. The Bertz CT molecular complexity index is 635. The van der Waals surface area contributed by atoms with E-state index in [-0.39, 0.29) is 11.4 Å². The normalized spacial score (nSPS) is 10.6. The van der Waals surface area contributed by atoms with Gasteiger partial charge in [-0.2, -0.15) is 5.10 Å². The highest BCUT2D eigenvalue weighted by atomic mass is 19.1. The number of carboxylic acid groups (broad SMARTS) is 1. The molecule has 0 atom stereocenters. The number of halogens is 1. The van der Waals surface area contributed by atoms with Gasteiger partial charge in [0.2, 0.25) is 0 Å². The van der Waals surface area contributed by atoms with Gasteiger partial charge in [0.1, 0.15) is 17.2 Å². The summed E-state index contributed by atoms with van der Waals surface area (Å²) in [5.41, 5.74) is 1.56. The summed E-state index contributed by atoms with van der Waals surface area (Å²) in [4.78, 5) is 13.1. The second-order valence-corrected chi connectivity index (χ2v) is 4.70. The van der Waals surface area contributed by atoms with E-state index in [0.29, 0.717) is 18.1 Å². The molecule has 0 radical (unpaired) electrons. The van der Waals surface area contributed by atoms with Crippen LogP contribution in [0.4, 0.5) is 10.2 Å². The third-order valence-electron chi connectivity index (χ3n) is 3.10. The van der Waals surface area contributed by atoms with Crippen molar-refractivity contribution in [1.82, 2.24) is 9.78 Å². The lowest BCUT2D eigenvalue weighted by Gasteiger charge is -2.20. The van der Waals surface area contributed by atoms with Crippen molar-refractivity contribution in [2.75, 3.05) is 11.9 Å². The van der Waals surface area contributed by atoms with Crippen molar-refractivity contribution in [2.45, 2.75) is 13.5 Å². The van der Waals surface area contributed by atoms with Gasteiger partial charge in [-0.05, 0) is 24.6 Å². The molecule has 0 saturated carbocycles. The van der Waals surface area contributed by atoms with Crippen LogP contribution in [0.25, 0.3) is 0 Å². The van der Waals surface area contributed by atoms with Crippen LogP contribution >= 0.6 is 0 Å². The molecule has 0 amide bonds. The molecule has 1 N–H and O–H groups in total. The van der Waals surface area contributed by atoms with Crippen LogP contribution in [0.5, 0.6) is 0 Å². The Morgan fingerprint density at radius 1 is 1.40 bits per heavy atom. The topological polar surface area (TPSA) is 58.4 Å². The number of anilines is 1. The molecule has 6 heteroatoms. The molecule has 0 bridgehead atoms. The Morgan fingerprint density at radius 2 is 2.00 bits per heavy atom. The summed E-state index contributed by atoms with van der Waals surface area (Å²) in [5, 5.41) is 13.4.